The van der Waals surface area contributed by atoms with Gasteiger partial charge in [-0.2, -0.15) is 50.5 Å². The van der Waals surface area contributed by atoms with E-state index in [4.69, 9.17) is 0 Å². The van der Waals surface area contributed by atoms with Gasteiger partial charge in [0, 0.05) is 62.5 Å². The minimum absolute atomic E-state index is 0. The molecule has 0 aromatic heterocycles. The fourth-order valence-corrected chi connectivity index (χ4v) is 10.3. The summed E-state index contributed by atoms with van der Waals surface area (Å²) in [5.41, 5.74) is -0.338. The number of carbonyl (C=O) groups is 1. The first-order valence-corrected chi connectivity index (χ1v) is 24.4. The maximum Gasteiger partial charge on any atom is 0.323 e. The van der Waals surface area contributed by atoms with Crippen molar-refractivity contribution in [2.45, 2.75) is 29.4 Å². The van der Waals surface area contributed by atoms with E-state index in [0.717, 1.165) is 24.3 Å². The van der Waals surface area contributed by atoms with Gasteiger partial charge in [0.05, 0.1) is 9.79 Å². The Kier molecular flexibility index (Phi) is 12.8. The van der Waals surface area contributed by atoms with Crippen LogP contribution in [0.4, 0.5) is 16.2 Å². The summed E-state index contributed by atoms with van der Waals surface area (Å²) in [6.45, 7) is 0. The van der Waals surface area contributed by atoms with Crippen LogP contribution in [-0.2, 0) is 60.7 Å². The van der Waals surface area contributed by atoms with Gasteiger partial charge < -0.3 is 10.6 Å². The van der Waals surface area contributed by atoms with Crippen LogP contribution in [0.15, 0.2) is 126 Å². The average molecular weight is 968 g/mol. The molecule has 0 atom stereocenters. The van der Waals surface area contributed by atoms with Crippen LogP contribution in [0.3, 0.4) is 0 Å². The van der Waals surface area contributed by atoms with Crippen molar-refractivity contribution in [3.63, 3.8) is 0 Å². The van der Waals surface area contributed by atoms with E-state index < -0.39 is 118 Å². The van der Waals surface area contributed by atoms with E-state index >= 15 is 0 Å². The molecule has 317 valence electrons. The molecule has 6 aromatic carbocycles. The first kappa shape index (κ1) is 47.6. The van der Waals surface area contributed by atoms with Gasteiger partial charge in [-0.05, 0) is 82.9 Å². The predicted molar refractivity (Wildman–Crippen MR) is 216 cm³/mol. The molecule has 6 aromatic rings. The summed E-state index contributed by atoms with van der Waals surface area (Å²) in [6.07, 6.45) is 0. The third-order valence-electron chi connectivity index (χ3n) is 8.59. The number of carbonyl (C=O) groups excluding carboxylic acids is 1. The van der Waals surface area contributed by atoms with Gasteiger partial charge >= 0.3 is 6.03 Å². The molecule has 61 heavy (non-hydrogen) atoms. The molecule has 21 nitrogen and oxygen atoms in total. The number of hydrogen-bond donors (Lipinski definition) is 8. The number of nitrogens with one attached hydrogen (secondary N) is 2. The van der Waals surface area contributed by atoms with Gasteiger partial charge in [-0.3, -0.25) is 27.3 Å². The monoisotopic (exact) mass is 967 g/mol. The fraction of sp³-hybridized carbons (Fsp3) is 0. The summed E-state index contributed by atoms with van der Waals surface area (Å²) in [4.78, 5) is 6.63. The third kappa shape index (κ3) is 10.1. The van der Waals surface area contributed by atoms with E-state index in [9.17, 15) is 82.6 Å². The minimum Gasteiger partial charge on any atom is -0.308 e. The van der Waals surface area contributed by atoms with Crippen molar-refractivity contribution in [3.8, 4) is 22.3 Å². The molecule has 0 bridgehead atoms. The molecule has 0 heterocycles. The largest absolute Gasteiger partial charge is 0.323 e. The molecule has 28 heteroatoms. The maximum absolute atomic E-state index is 13.2. The van der Waals surface area contributed by atoms with Crippen LogP contribution >= 0.6 is 0 Å². The molecule has 0 aliphatic heterocycles. The van der Waals surface area contributed by atoms with Crippen LogP contribution < -0.4 is 10.6 Å². The SMILES string of the molecule is O=C(Nc1cccc(-c2ccc(S(=O)(=O)O)c3cc(S(=O)(=O)O)cc(S(=O)(=O)O)c23)c1)Nc1cccc(-c2ccc(S(=O)(=O)O)c3cc(S(=O)(=O)O)cc(S(=O)(=O)O)c23)c1.[Na]. The molecule has 0 saturated carbocycles. The Labute approximate surface area is 368 Å². The summed E-state index contributed by atoms with van der Waals surface area (Å²) in [6, 6.07) is 15.0. The molecule has 6 rings (SSSR count). The van der Waals surface area contributed by atoms with Crippen LogP contribution in [0.5, 0.6) is 0 Å². The van der Waals surface area contributed by atoms with E-state index in [2.05, 4.69) is 10.6 Å². The molecule has 8 N–H and O–H groups in total. The Morgan fingerprint density at radius 3 is 1.02 bits per heavy atom. The van der Waals surface area contributed by atoms with Crippen molar-refractivity contribution in [1.82, 2.24) is 0 Å². The zero-order valence-electron chi connectivity index (χ0n) is 30.2. The van der Waals surface area contributed by atoms with Crippen molar-refractivity contribution < 1.29 is 82.6 Å². The molecular weight excluding hydrogens is 944 g/mol. The number of benzene rings is 6. The number of urea groups is 1. The second-order valence-corrected chi connectivity index (χ2v) is 20.9. The van der Waals surface area contributed by atoms with Crippen LogP contribution in [0.25, 0.3) is 43.8 Å². The Balaban J connectivity index is 0.00000704. The first-order valence-electron chi connectivity index (χ1n) is 15.8. The second kappa shape index (κ2) is 16.4. The zero-order chi connectivity index (χ0) is 44.5. The Morgan fingerprint density at radius 1 is 0.393 bits per heavy atom. The van der Waals surface area contributed by atoms with Crippen molar-refractivity contribution in [3.05, 3.63) is 97.1 Å². The Hall–Kier alpha value is -4.43. The van der Waals surface area contributed by atoms with Crippen molar-refractivity contribution >= 4 is 129 Å². The summed E-state index contributed by atoms with van der Waals surface area (Å²) in [5, 5.41) is 2.24. The quantitative estimate of drug-likeness (QED) is 0.0708. The van der Waals surface area contributed by atoms with E-state index in [1.165, 1.54) is 48.5 Å². The molecule has 0 saturated heterocycles. The van der Waals surface area contributed by atoms with Crippen LogP contribution in [0.2, 0.25) is 0 Å². The van der Waals surface area contributed by atoms with E-state index in [-0.39, 0.29) is 63.2 Å². The molecule has 0 unspecified atom stereocenters. The van der Waals surface area contributed by atoms with Crippen molar-refractivity contribution in [1.29, 1.82) is 0 Å². The van der Waals surface area contributed by atoms with Crippen LogP contribution in [-0.4, -0.2) is 113 Å². The molecule has 0 aliphatic carbocycles. The average Bonchev–Trinajstić information content (AvgIpc) is 3.10. The number of hydrogen-bond acceptors (Lipinski definition) is 13. The third-order valence-corrected chi connectivity index (χ3v) is 13.8. The van der Waals surface area contributed by atoms with Gasteiger partial charge in [-0.15, -0.1) is 0 Å². The molecular formula is C33H24N2NaO19S6. The molecule has 0 aliphatic rings. The van der Waals surface area contributed by atoms with Crippen molar-refractivity contribution in [2.75, 3.05) is 10.6 Å². The normalized spacial score (nSPS) is 12.8. The minimum atomic E-state index is -5.38. The van der Waals surface area contributed by atoms with Gasteiger partial charge in [0.25, 0.3) is 60.7 Å². The van der Waals surface area contributed by atoms with Gasteiger partial charge in [-0.25, -0.2) is 4.79 Å². The Bertz CT molecular complexity index is 3330. The second-order valence-electron chi connectivity index (χ2n) is 12.5. The smallest absolute Gasteiger partial charge is 0.308 e. The van der Waals surface area contributed by atoms with E-state index in [1.54, 1.807) is 0 Å². The molecule has 0 fully saturated rings. The van der Waals surface area contributed by atoms with Gasteiger partial charge in [-0.1, -0.05) is 36.4 Å². The molecule has 1 radical (unpaired) electrons. The summed E-state index contributed by atoms with van der Waals surface area (Å²) in [5.74, 6) is 0. The standard InChI is InChI=1S/C33H24N2O19S6.Na/c36-33(34-19-5-1-3-17(11-19)23-7-9-27(57(43,44)45)25-13-21(55(37,38)39)15-29(31(23)25)59(49,50)51)35-20-6-2-4-18(12-20)24-8-10-28(58(46,47)48)26-14-22(56(40,41)42)16-30(32(24)26)60(52,53)54;/h1-16H,(H2,34,35,36)(H,37,38,39)(H,40,41,42)(H,43,44,45)(H,46,47,48)(H,49,50,51)(H,52,53,54);. The van der Waals surface area contributed by atoms with E-state index in [1.807, 2.05) is 0 Å². The number of rotatable bonds is 10. The van der Waals surface area contributed by atoms with Crippen molar-refractivity contribution in [2.24, 2.45) is 0 Å². The summed E-state index contributed by atoms with van der Waals surface area (Å²) < 4.78 is 206. The van der Waals surface area contributed by atoms with Gasteiger partial charge in [0.2, 0.25) is 0 Å². The van der Waals surface area contributed by atoms with E-state index in [0.29, 0.717) is 24.3 Å². The number of fused-ring (bicyclic) bond motifs is 2. The van der Waals surface area contributed by atoms with Gasteiger partial charge in [0.15, 0.2) is 0 Å². The molecule has 0 spiro atoms. The Morgan fingerprint density at radius 2 is 0.721 bits per heavy atom. The van der Waals surface area contributed by atoms with Gasteiger partial charge in [0.1, 0.15) is 19.6 Å². The van der Waals surface area contributed by atoms with Crippen LogP contribution in [0.1, 0.15) is 0 Å². The maximum atomic E-state index is 13.2. The van der Waals surface area contributed by atoms with Crippen LogP contribution in [0, 0.1) is 0 Å². The molecule has 2 amide bonds. The number of anilines is 2. The topological polar surface area (TPSA) is 367 Å². The zero-order valence-corrected chi connectivity index (χ0v) is 37.1. The summed E-state index contributed by atoms with van der Waals surface area (Å²) in [7, 11) is -31.5. The first-order chi connectivity index (χ1) is 27.4. The fourth-order valence-electron chi connectivity index (χ4n) is 6.25. The predicted octanol–water partition coefficient (Wildman–Crippen LogP) is 4.07. The number of amides is 2. The summed E-state index contributed by atoms with van der Waals surface area (Å²) >= 11 is 0.